The van der Waals surface area contributed by atoms with Gasteiger partial charge in [-0.3, -0.25) is 0 Å². The number of hydrogen-bond acceptors (Lipinski definition) is 4. The Bertz CT molecular complexity index is 441. The van der Waals surface area contributed by atoms with Crippen LogP contribution in [0.3, 0.4) is 0 Å². The van der Waals surface area contributed by atoms with Crippen LogP contribution in [0.15, 0.2) is 18.2 Å². The minimum atomic E-state index is 0.301. The molecule has 1 fully saturated rings. The molecule has 1 aliphatic rings. The number of anilines is 2. The Hall–Kier alpha value is -1.42. The summed E-state index contributed by atoms with van der Waals surface area (Å²) in [5.74, 6) is 0.849. The summed E-state index contributed by atoms with van der Waals surface area (Å²) in [5, 5.41) is 3.52. The normalized spacial score (nSPS) is 16.8. The molecular weight excluding hydrogens is 250 g/mol. The molecule has 1 aromatic carbocycles. The summed E-state index contributed by atoms with van der Waals surface area (Å²) in [7, 11) is 4.33. The van der Waals surface area contributed by atoms with Gasteiger partial charge in [0.25, 0.3) is 0 Å². The van der Waals surface area contributed by atoms with Gasteiger partial charge >= 0.3 is 0 Å². The lowest BCUT2D eigenvalue weighted by atomic mass is 9.75. The minimum absolute atomic E-state index is 0.301. The Morgan fingerprint density at radius 2 is 2.05 bits per heavy atom. The first-order valence-corrected chi connectivity index (χ1v) is 7.50. The summed E-state index contributed by atoms with van der Waals surface area (Å²) in [5.41, 5.74) is 8.04. The molecule has 3 N–H and O–H groups in total. The van der Waals surface area contributed by atoms with E-state index in [1.807, 2.05) is 18.2 Å². The predicted molar refractivity (Wildman–Crippen MR) is 85.4 cm³/mol. The van der Waals surface area contributed by atoms with Crippen molar-refractivity contribution >= 4 is 11.4 Å². The van der Waals surface area contributed by atoms with Crippen LogP contribution in [-0.4, -0.2) is 37.7 Å². The largest absolute Gasteiger partial charge is 0.493 e. The lowest BCUT2D eigenvalue weighted by Gasteiger charge is -2.47. The Labute approximate surface area is 122 Å². The standard InChI is InChI=1S/C16H27N3O/c1-4-8-20-15-10-13(17)9-14(11-15)18-12-16(19(2)3)6-5-7-16/h9-11,18H,4-8,12,17H2,1-3H3. The first-order valence-electron chi connectivity index (χ1n) is 7.50. The van der Waals surface area contributed by atoms with Crippen LogP contribution in [0.5, 0.6) is 5.75 Å². The van der Waals surface area contributed by atoms with E-state index in [9.17, 15) is 0 Å². The summed E-state index contributed by atoms with van der Waals surface area (Å²) < 4.78 is 5.67. The number of benzene rings is 1. The van der Waals surface area contributed by atoms with Gasteiger partial charge in [0.05, 0.1) is 6.61 Å². The quantitative estimate of drug-likeness (QED) is 0.752. The van der Waals surface area contributed by atoms with Gasteiger partial charge in [-0.2, -0.15) is 0 Å². The van der Waals surface area contributed by atoms with E-state index >= 15 is 0 Å². The topological polar surface area (TPSA) is 50.5 Å². The Kier molecular flexibility index (Phi) is 4.76. The van der Waals surface area contributed by atoms with Gasteiger partial charge < -0.3 is 20.7 Å². The van der Waals surface area contributed by atoms with E-state index in [1.165, 1.54) is 19.3 Å². The third kappa shape index (κ3) is 3.37. The highest BCUT2D eigenvalue weighted by Crippen LogP contribution is 2.36. The highest BCUT2D eigenvalue weighted by Gasteiger charge is 2.38. The van der Waals surface area contributed by atoms with Crippen LogP contribution in [0.25, 0.3) is 0 Å². The Morgan fingerprint density at radius 3 is 2.60 bits per heavy atom. The maximum atomic E-state index is 5.95. The van der Waals surface area contributed by atoms with E-state index in [1.54, 1.807) is 0 Å². The van der Waals surface area contributed by atoms with Crippen LogP contribution in [-0.2, 0) is 0 Å². The first kappa shape index (κ1) is 15.0. The fourth-order valence-electron chi connectivity index (χ4n) is 2.66. The van der Waals surface area contributed by atoms with Crippen LogP contribution in [0.4, 0.5) is 11.4 Å². The average molecular weight is 277 g/mol. The molecule has 1 aromatic rings. The molecule has 1 saturated carbocycles. The van der Waals surface area contributed by atoms with Crippen LogP contribution in [0.1, 0.15) is 32.6 Å². The molecule has 0 aliphatic heterocycles. The van der Waals surface area contributed by atoms with Crippen molar-refractivity contribution in [3.8, 4) is 5.75 Å². The van der Waals surface area contributed by atoms with Gasteiger partial charge in [-0.05, 0) is 45.8 Å². The van der Waals surface area contributed by atoms with Crippen molar-refractivity contribution in [1.82, 2.24) is 4.90 Å². The van der Waals surface area contributed by atoms with Gasteiger partial charge in [-0.15, -0.1) is 0 Å². The first-order chi connectivity index (χ1) is 9.55. The molecule has 4 nitrogen and oxygen atoms in total. The molecular formula is C16H27N3O. The highest BCUT2D eigenvalue weighted by molar-refractivity contribution is 5.59. The summed E-state index contributed by atoms with van der Waals surface area (Å²) >= 11 is 0. The number of hydrogen-bond donors (Lipinski definition) is 2. The fraction of sp³-hybridized carbons (Fsp3) is 0.625. The summed E-state index contributed by atoms with van der Waals surface area (Å²) in [6.07, 6.45) is 4.84. The predicted octanol–water partition coefficient (Wildman–Crippen LogP) is 2.95. The van der Waals surface area contributed by atoms with Crippen LogP contribution < -0.4 is 15.8 Å². The van der Waals surface area contributed by atoms with E-state index in [-0.39, 0.29) is 0 Å². The fourth-order valence-corrected chi connectivity index (χ4v) is 2.66. The van der Waals surface area contributed by atoms with Crippen molar-refractivity contribution in [2.75, 3.05) is 38.3 Å². The third-order valence-corrected chi connectivity index (χ3v) is 4.26. The number of rotatable bonds is 7. The van der Waals surface area contributed by atoms with E-state index < -0.39 is 0 Å². The molecule has 0 radical (unpaired) electrons. The van der Waals surface area contributed by atoms with Crippen molar-refractivity contribution < 1.29 is 4.74 Å². The smallest absolute Gasteiger partial charge is 0.123 e. The molecule has 112 valence electrons. The van der Waals surface area contributed by atoms with Crippen molar-refractivity contribution in [3.63, 3.8) is 0 Å². The van der Waals surface area contributed by atoms with Gasteiger partial charge in [0, 0.05) is 35.6 Å². The molecule has 1 aliphatic carbocycles. The molecule has 0 heterocycles. The van der Waals surface area contributed by atoms with Gasteiger partial charge in [0.2, 0.25) is 0 Å². The van der Waals surface area contributed by atoms with E-state index in [0.29, 0.717) is 5.54 Å². The number of nitrogens with one attached hydrogen (secondary N) is 1. The van der Waals surface area contributed by atoms with Gasteiger partial charge in [0.15, 0.2) is 0 Å². The minimum Gasteiger partial charge on any atom is -0.493 e. The van der Waals surface area contributed by atoms with Crippen molar-refractivity contribution in [2.45, 2.75) is 38.1 Å². The zero-order valence-corrected chi connectivity index (χ0v) is 12.9. The Morgan fingerprint density at radius 1 is 1.30 bits per heavy atom. The SMILES string of the molecule is CCCOc1cc(N)cc(NCC2(N(C)C)CCC2)c1. The van der Waals surface area contributed by atoms with Gasteiger partial charge in [-0.25, -0.2) is 0 Å². The van der Waals surface area contributed by atoms with E-state index in [2.05, 4.69) is 31.2 Å². The lowest BCUT2D eigenvalue weighted by Crippen LogP contribution is -2.54. The Balaban J connectivity index is 2.00. The number of ether oxygens (including phenoxy) is 1. The second-order valence-electron chi connectivity index (χ2n) is 5.97. The van der Waals surface area contributed by atoms with Crippen LogP contribution >= 0.6 is 0 Å². The number of likely N-dealkylation sites (N-methyl/N-ethyl adjacent to an activating group) is 1. The molecule has 2 rings (SSSR count). The number of nitrogens with two attached hydrogens (primary N) is 1. The van der Waals surface area contributed by atoms with E-state index in [0.717, 1.165) is 36.7 Å². The van der Waals surface area contributed by atoms with Crippen LogP contribution in [0.2, 0.25) is 0 Å². The van der Waals surface area contributed by atoms with Crippen molar-refractivity contribution in [2.24, 2.45) is 0 Å². The average Bonchev–Trinajstić information content (AvgIpc) is 2.34. The maximum Gasteiger partial charge on any atom is 0.123 e. The molecule has 0 amide bonds. The summed E-state index contributed by atoms with van der Waals surface area (Å²) in [4.78, 5) is 2.34. The third-order valence-electron chi connectivity index (χ3n) is 4.26. The molecule has 20 heavy (non-hydrogen) atoms. The summed E-state index contributed by atoms with van der Waals surface area (Å²) in [6, 6.07) is 5.89. The number of nitrogens with zero attached hydrogens (tertiary/aromatic N) is 1. The molecule has 0 aromatic heterocycles. The molecule has 0 bridgehead atoms. The lowest BCUT2D eigenvalue weighted by molar-refractivity contribution is 0.0739. The zero-order valence-electron chi connectivity index (χ0n) is 12.9. The second kappa shape index (κ2) is 6.35. The molecule has 4 heteroatoms. The maximum absolute atomic E-state index is 5.95. The van der Waals surface area contributed by atoms with Crippen molar-refractivity contribution in [3.05, 3.63) is 18.2 Å². The van der Waals surface area contributed by atoms with Gasteiger partial charge in [0.1, 0.15) is 5.75 Å². The molecule has 0 saturated heterocycles. The second-order valence-corrected chi connectivity index (χ2v) is 5.97. The van der Waals surface area contributed by atoms with Gasteiger partial charge in [-0.1, -0.05) is 6.92 Å². The molecule has 0 unspecified atom stereocenters. The molecule has 0 spiro atoms. The van der Waals surface area contributed by atoms with Crippen LogP contribution in [0, 0.1) is 0 Å². The molecule has 0 atom stereocenters. The van der Waals surface area contributed by atoms with Crippen molar-refractivity contribution in [1.29, 1.82) is 0 Å². The van der Waals surface area contributed by atoms with E-state index in [4.69, 9.17) is 10.5 Å². The zero-order chi connectivity index (χ0) is 14.6. The monoisotopic (exact) mass is 277 g/mol. The summed E-state index contributed by atoms with van der Waals surface area (Å²) in [6.45, 7) is 3.78. The highest BCUT2D eigenvalue weighted by atomic mass is 16.5. The number of nitrogen functional groups attached to an aromatic ring is 1.